The van der Waals surface area contributed by atoms with Gasteiger partial charge in [-0.25, -0.2) is 0 Å². The fraction of sp³-hybridized carbons (Fsp3) is 0.538. The Balaban J connectivity index is 1.92. The maximum atomic E-state index is 5.85. The van der Waals surface area contributed by atoms with Crippen LogP contribution in [0.2, 0.25) is 0 Å². The summed E-state index contributed by atoms with van der Waals surface area (Å²) in [6, 6.07) is 8.27. The van der Waals surface area contributed by atoms with Crippen LogP contribution in [-0.2, 0) is 6.54 Å². The van der Waals surface area contributed by atoms with Crippen molar-refractivity contribution in [3.05, 3.63) is 29.8 Å². The van der Waals surface area contributed by atoms with Gasteiger partial charge in [0.15, 0.2) is 0 Å². The van der Waals surface area contributed by atoms with Gasteiger partial charge in [0.2, 0.25) is 0 Å². The summed E-state index contributed by atoms with van der Waals surface area (Å²) in [6.07, 6.45) is 4.06. The fourth-order valence-electron chi connectivity index (χ4n) is 1.85. The quantitative estimate of drug-likeness (QED) is 0.797. The first-order valence-corrected chi connectivity index (χ1v) is 5.75. The molecule has 15 heavy (non-hydrogen) atoms. The van der Waals surface area contributed by atoms with Crippen LogP contribution in [0.25, 0.3) is 0 Å². The minimum atomic E-state index is 0.799. The van der Waals surface area contributed by atoms with Crippen LogP contribution in [0.4, 0.5) is 0 Å². The Morgan fingerprint density at radius 1 is 1.33 bits per heavy atom. The van der Waals surface area contributed by atoms with Gasteiger partial charge in [-0.2, -0.15) is 0 Å². The molecule has 0 radical (unpaired) electrons. The SMILES string of the molecule is CNCc1ccccc1OCC1CCC1. The van der Waals surface area contributed by atoms with Gasteiger partial charge in [0, 0.05) is 12.1 Å². The monoisotopic (exact) mass is 205 g/mol. The first-order valence-electron chi connectivity index (χ1n) is 5.75. The largest absolute Gasteiger partial charge is 0.493 e. The first kappa shape index (κ1) is 10.5. The Morgan fingerprint density at radius 2 is 2.13 bits per heavy atom. The first-order chi connectivity index (χ1) is 7.40. The van der Waals surface area contributed by atoms with Gasteiger partial charge in [0.25, 0.3) is 0 Å². The van der Waals surface area contributed by atoms with Crippen molar-refractivity contribution in [2.45, 2.75) is 25.8 Å². The molecule has 1 fully saturated rings. The van der Waals surface area contributed by atoms with Crippen molar-refractivity contribution in [1.29, 1.82) is 0 Å². The summed E-state index contributed by atoms with van der Waals surface area (Å²) >= 11 is 0. The lowest BCUT2D eigenvalue weighted by Crippen LogP contribution is -2.20. The second-order valence-electron chi connectivity index (χ2n) is 4.25. The van der Waals surface area contributed by atoms with Gasteiger partial charge < -0.3 is 10.1 Å². The second kappa shape index (κ2) is 5.17. The topological polar surface area (TPSA) is 21.3 Å². The Bertz CT molecular complexity index is 307. The minimum absolute atomic E-state index is 0.799. The Morgan fingerprint density at radius 3 is 2.80 bits per heavy atom. The maximum Gasteiger partial charge on any atom is 0.123 e. The lowest BCUT2D eigenvalue weighted by molar-refractivity contribution is 0.179. The molecular formula is C13H19NO. The summed E-state index contributed by atoms with van der Waals surface area (Å²) < 4.78 is 5.85. The summed E-state index contributed by atoms with van der Waals surface area (Å²) in [6.45, 7) is 1.77. The molecule has 2 heteroatoms. The van der Waals surface area contributed by atoms with Crippen molar-refractivity contribution in [3.8, 4) is 5.75 Å². The molecule has 1 aliphatic rings. The summed E-state index contributed by atoms with van der Waals surface area (Å²) in [5.41, 5.74) is 1.25. The molecule has 0 aliphatic heterocycles. The van der Waals surface area contributed by atoms with Gasteiger partial charge in [0.05, 0.1) is 6.61 Å². The second-order valence-corrected chi connectivity index (χ2v) is 4.25. The van der Waals surface area contributed by atoms with Crippen LogP contribution < -0.4 is 10.1 Å². The van der Waals surface area contributed by atoms with E-state index >= 15 is 0 Å². The number of ether oxygens (including phenoxy) is 1. The average molecular weight is 205 g/mol. The standard InChI is InChI=1S/C13H19NO/c1-14-9-12-7-2-3-8-13(12)15-10-11-5-4-6-11/h2-3,7-8,11,14H,4-6,9-10H2,1H3. The fourth-order valence-corrected chi connectivity index (χ4v) is 1.85. The molecule has 1 N–H and O–H groups in total. The number of rotatable bonds is 5. The molecule has 0 bridgehead atoms. The lowest BCUT2D eigenvalue weighted by atomic mass is 9.86. The van der Waals surface area contributed by atoms with Crippen LogP contribution in [0.5, 0.6) is 5.75 Å². The van der Waals surface area contributed by atoms with Crippen LogP contribution in [0, 0.1) is 5.92 Å². The molecule has 0 amide bonds. The highest BCUT2D eigenvalue weighted by Crippen LogP contribution is 2.28. The van der Waals surface area contributed by atoms with Crippen molar-refractivity contribution in [3.63, 3.8) is 0 Å². The lowest BCUT2D eigenvalue weighted by Gasteiger charge is -2.25. The van der Waals surface area contributed by atoms with Crippen molar-refractivity contribution >= 4 is 0 Å². The third-order valence-electron chi connectivity index (χ3n) is 3.04. The van der Waals surface area contributed by atoms with Crippen LogP contribution in [0.3, 0.4) is 0 Å². The van der Waals surface area contributed by atoms with Crippen molar-refractivity contribution in [2.75, 3.05) is 13.7 Å². The molecular weight excluding hydrogens is 186 g/mol. The number of hydrogen-bond donors (Lipinski definition) is 1. The molecule has 2 nitrogen and oxygen atoms in total. The molecule has 1 aliphatic carbocycles. The van der Waals surface area contributed by atoms with E-state index in [0.29, 0.717) is 0 Å². The molecule has 1 saturated carbocycles. The third-order valence-corrected chi connectivity index (χ3v) is 3.04. The van der Waals surface area contributed by atoms with Gasteiger partial charge in [-0.15, -0.1) is 0 Å². The van der Waals surface area contributed by atoms with E-state index in [1.54, 1.807) is 0 Å². The van der Waals surface area contributed by atoms with E-state index in [4.69, 9.17) is 4.74 Å². The summed E-state index contributed by atoms with van der Waals surface area (Å²) in [5, 5.41) is 3.16. The molecule has 82 valence electrons. The van der Waals surface area contributed by atoms with E-state index in [-0.39, 0.29) is 0 Å². The minimum Gasteiger partial charge on any atom is -0.493 e. The molecule has 0 atom stereocenters. The zero-order valence-electron chi connectivity index (χ0n) is 9.33. The molecule has 1 aromatic rings. The van der Waals surface area contributed by atoms with E-state index in [2.05, 4.69) is 23.5 Å². The van der Waals surface area contributed by atoms with Gasteiger partial charge in [0.1, 0.15) is 5.75 Å². The molecule has 0 saturated heterocycles. The zero-order valence-corrected chi connectivity index (χ0v) is 9.33. The Hall–Kier alpha value is -1.02. The van der Waals surface area contributed by atoms with E-state index in [1.807, 2.05) is 13.1 Å². The molecule has 0 spiro atoms. The molecule has 0 unspecified atom stereocenters. The predicted molar refractivity (Wildman–Crippen MR) is 62.0 cm³/mol. The Labute approximate surface area is 91.6 Å². The van der Waals surface area contributed by atoms with E-state index in [9.17, 15) is 0 Å². The van der Waals surface area contributed by atoms with Crippen molar-refractivity contribution < 1.29 is 4.74 Å². The molecule has 1 aromatic carbocycles. The van der Waals surface area contributed by atoms with Gasteiger partial charge in [-0.05, 0) is 31.9 Å². The normalized spacial score (nSPS) is 16.1. The number of benzene rings is 1. The van der Waals surface area contributed by atoms with Crippen LogP contribution in [0.15, 0.2) is 24.3 Å². The van der Waals surface area contributed by atoms with Crippen molar-refractivity contribution in [1.82, 2.24) is 5.32 Å². The molecule has 0 aromatic heterocycles. The van der Waals surface area contributed by atoms with E-state index < -0.39 is 0 Å². The predicted octanol–water partition coefficient (Wildman–Crippen LogP) is 2.58. The third kappa shape index (κ3) is 2.72. The van der Waals surface area contributed by atoms with Crippen LogP contribution in [-0.4, -0.2) is 13.7 Å². The van der Waals surface area contributed by atoms with Gasteiger partial charge in [-0.1, -0.05) is 24.6 Å². The highest BCUT2D eigenvalue weighted by molar-refractivity contribution is 5.33. The van der Waals surface area contributed by atoms with Gasteiger partial charge >= 0.3 is 0 Å². The number of para-hydroxylation sites is 1. The van der Waals surface area contributed by atoms with Crippen molar-refractivity contribution in [2.24, 2.45) is 5.92 Å². The molecule has 2 rings (SSSR count). The summed E-state index contributed by atoms with van der Waals surface area (Å²) in [4.78, 5) is 0. The summed E-state index contributed by atoms with van der Waals surface area (Å²) in [7, 11) is 1.96. The number of nitrogens with one attached hydrogen (secondary N) is 1. The molecule has 0 heterocycles. The Kier molecular flexibility index (Phi) is 3.62. The highest BCUT2D eigenvalue weighted by Gasteiger charge is 2.18. The van der Waals surface area contributed by atoms with Gasteiger partial charge in [-0.3, -0.25) is 0 Å². The highest BCUT2D eigenvalue weighted by atomic mass is 16.5. The zero-order chi connectivity index (χ0) is 10.5. The van der Waals surface area contributed by atoms with E-state index in [0.717, 1.165) is 24.8 Å². The smallest absolute Gasteiger partial charge is 0.123 e. The van der Waals surface area contributed by atoms with Crippen LogP contribution >= 0.6 is 0 Å². The number of hydrogen-bond acceptors (Lipinski definition) is 2. The summed E-state index contributed by atoms with van der Waals surface area (Å²) in [5.74, 6) is 1.84. The maximum absolute atomic E-state index is 5.85. The average Bonchev–Trinajstić information content (AvgIpc) is 2.18. The van der Waals surface area contributed by atoms with Crippen LogP contribution in [0.1, 0.15) is 24.8 Å². The van der Waals surface area contributed by atoms with E-state index in [1.165, 1.54) is 24.8 Å².